The lowest BCUT2D eigenvalue weighted by molar-refractivity contribution is 0.215. The summed E-state index contributed by atoms with van der Waals surface area (Å²) in [5, 5.41) is 0. The fourth-order valence-corrected chi connectivity index (χ4v) is 2.94. The van der Waals surface area contributed by atoms with Crippen molar-refractivity contribution in [2.45, 2.75) is 12.5 Å². The quantitative estimate of drug-likeness (QED) is 0.854. The van der Waals surface area contributed by atoms with Gasteiger partial charge in [-0.2, -0.15) is 4.31 Å². The molecule has 2 rings (SSSR count). The van der Waals surface area contributed by atoms with Crippen molar-refractivity contribution in [3.8, 4) is 5.75 Å². The van der Waals surface area contributed by atoms with Gasteiger partial charge in [-0.15, -0.1) is 0 Å². The molecule has 1 aromatic rings. The summed E-state index contributed by atoms with van der Waals surface area (Å²) in [7, 11) is -3.09. The summed E-state index contributed by atoms with van der Waals surface area (Å²) in [6.07, 6.45) is 1.92. The van der Waals surface area contributed by atoms with E-state index in [1.54, 1.807) is 0 Å². The van der Waals surface area contributed by atoms with Crippen LogP contribution in [0.5, 0.6) is 5.75 Å². The van der Waals surface area contributed by atoms with Crippen molar-refractivity contribution >= 4 is 26.0 Å². The maximum Gasteiger partial charge on any atom is 0.211 e. The number of rotatable bonds is 3. The molecule has 94 valence electrons. The summed E-state index contributed by atoms with van der Waals surface area (Å²) in [5.74, 6) is 0.772. The third-order valence-corrected chi connectivity index (χ3v) is 4.49. The van der Waals surface area contributed by atoms with Crippen molar-refractivity contribution in [3.63, 3.8) is 0 Å². The molecule has 1 atom stereocenters. The van der Waals surface area contributed by atoms with E-state index in [2.05, 4.69) is 15.9 Å². The molecule has 1 unspecified atom stereocenters. The Morgan fingerprint density at radius 1 is 1.35 bits per heavy atom. The van der Waals surface area contributed by atoms with Crippen LogP contribution in [0.15, 0.2) is 28.7 Å². The van der Waals surface area contributed by atoms with E-state index in [0.29, 0.717) is 13.1 Å². The highest BCUT2D eigenvalue weighted by molar-refractivity contribution is 9.10. The van der Waals surface area contributed by atoms with Gasteiger partial charge in [-0.25, -0.2) is 8.42 Å². The van der Waals surface area contributed by atoms with Crippen LogP contribution in [0.4, 0.5) is 0 Å². The lowest BCUT2D eigenvalue weighted by atomic mass is 10.3. The molecule has 17 heavy (non-hydrogen) atoms. The van der Waals surface area contributed by atoms with Gasteiger partial charge in [0.15, 0.2) is 0 Å². The summed E-state index contributed by atoms with van der Waals surface area (Å²) in [4.78, 5) is 0. The summed E-state index contributed by atoms with van der Waals surface area (Å²) in [6, 6.07) is 7.54. The molecule has 1 aliphatic heterocycles. The first-order valence-electron chi connectivity index (χ1n) is 5.32. The predicted octanol–water partition coefficient (Wildman–Crippen LogP) is 1.86. The van der Waals surface area contributed by atoms with Crippen molar-refractivity contribution in [1.29, 1.82) is 0 Å². The molecule has 6 heteroatoms. The Balaban J connectivity index is 1.96. The van der Waals surface area contributed by atoms with Gasteiger partial charge in [0, 0.05) is 11.0 Å². The lowest BCUT2D eigenvalue weighted by Gasteiger charge is -2.15. The van der Waals surface area contributed by atoms with Crippen LogP contribution < -0.4 is 4.74 Å². The first kappa shape index (κ1) is 12.9. The molecule has 0 aliphatic carbocycles. The second kappa shape index (κ2) is 4.96. The van der Waals surface area contributed by atoms with Crippen LogP contribution >= 0.6 is 15.9 Å². The molecule has 1 fully saturated rings. The normalized spacial score (nSPS) is 21.6. The number of sulfonamides is 1. The fourth-order valence-electron chi connectivity index (χ4n) is 1.80. The zero-order valence-electron chi connectivity index (χ0n) is 9.47. The van der Waals surface area contributed by atoms with Gasteiger partial charge in [-0.3, -0.25) is 0 Å². The highest BCUT2D eigenvalue weighted by atomic mass is 79.9. The molecule has 0 amide bonds. The molecule has 0 saturated carbocycles. The average molecular weight is 320 g/mol. The Bertz CT molecular complexity index is 486. The van der Waals surface area contributed by atoms with Crippen LogP contribution in [0.2, 0.25) is 0 Å². The molecule has 0 N–H and O–H groups in total. The van der Waals surface area contributed by atoms with E-state index in [9.17, 15) is 8.42 Å². The van der Waals surface area contributed by atoms with Gasteiger partial charge in [0.25, 0.3) is 0 Å². The number of nitrogens with zero attached hydrogens (tertiary/aromatic N) is 1. The number of halogens is 1. The van der Waals surface area contributed by atoms with Crippen LogP contribution in [0.3, 0.4) is 0 Å². The van der Waals surface area contributed by atoms with E-state index in [1.165, 1.54) is 10.6 Å². The van der Waals surface area contributed by atoms with E-state index in [1.807, 2.05) is 24.3 Å². The third kappa shape index (κ3) is 3.43. The van der Waals surface area contributed by atoms with Crippen LogP contribution in [-0.2, 0) is 10.0 Å². The fraction of sp³-hybridized carbons (Fsp3) is 0.455. The van der Waals surface area contributed by atoms with Crippen LogP contribution in [0.25, 0.3) is 0 Å². The van der Waals surface area contributed by atoms with E-state index in [4.69, 9.17) is 4.74 Å². The Morgan fingerprint density at radius 2 is 2.00 bits per heavy atom. The minimum absolute atomic E-state index is 0.0501. The second-order valence-electron chi connectivity index (χ2n) is 4.10. The topological polar surface area (TPSA) is 46.6 Å². The standard InChI is InChI=1S/C11H14BrNO3S/c1-17(14,15)13-7-6-11(8-13)16-10-4-2-9(12)3-5-10/h2-5,11H,6-8H2,1H3. The first-order valence-corrected chi connectivity index (χ1v) is 7.96. The van der Waals surface area contributed by atoms with Crippen molar-refractivity contribution in [2.24, 2.45) is 0 Å². The third-order valence-electron chi connectivity index (χ3n) is 2.69. The molecular formula is C11H14BrNO3S. The summed E-state index contributed by atoms with van der Waals surface area (Å²) < 4.78 is 30.9. The SMILES string of the molecule is CS(=O)(=O)N1CCC(Oc2ccc(Br)cc2)C1. The molecule has 1 aromatic carbocycles. The molecular weight excluding hydrogens is 306 g/mol. The molecule has 1 aliphatic rings. The molecule has 1 heterocycles. The highest BCUT2D eigenvalue weighted by Gasteiger charge is 2.29. The van der Waals surface area contributed by atoms with E-state index in [-0.39, 0.29) is 6.10 Å². The van der Waals surface area contributed by atoms with Crippen LogP contribution in [-0.4, -0.2) is 38.2 Å². The highest BCUT2D eigenvalue weighted by Crippen LogP contribution is 2.21. The van der Waals surface area contributed by atoms with Gasteiger partial charge in [-0.1, -0.05) is 15.9 Å². The smallest absolute Gasteiger partial charge is 0.211 e. The second-order valence-corrected chi connectivity index (χ2v) is 7.00. The van der Waals surface area contributed by atoms with Crippen LogP contribution in [0, 0.1) is 0 Å². The molecule has 0 bridgehead atoms. The zero-order chi connectivity index (χ0) is 12.5. The number of hydrogen-bond acceptors (Lipinski definition) is 3. The van der Waals surface area contributed by atoms with Crippen molar-refractivity contribution in [1.82, 2.24) is 4.31 Å². The number of hydrogen-bond donors (Lipinski definition) is 0. The zero-order valence-corrected chi connectivity index (χ0v) is 11.9. The van der Waals surface area contributed by atoms with E-state index < -0.39 is 10.0 Å². The van der Waals surface area contributed by atoms with Gasteiger partial charge in [-0.05, 0) is 30.7 Å². The van der Waals surface area contributed by atoms with Gasteiger partial charge in [0.2, 0.25) is 10.0 Å². The minimum atomic E-state index is -3.09. The molecule has 4 nitrogen and oxygen atoms in total. The van der Waals surface area contributed by atoms with E-state index >= 15 is 0 Å². The van der Waals surface area contributed by atoms with Crippen molar-refractivity contribution < 1.29 is 13.2 Å². The molecule has 0 spiro atoms. The summed E-state index contributed by atoms with van der Waals surface area (Å²) in [6.45, 7) is 0.981. The molecule has 1 saturated heterocycles. The van der Waals surface area contributed by atoms with Gasteiger partial charge < -0.3 is 4.74 Å². The Morgan fingerprint density at radius 3 is 2.53 bits per heavy atom. The van der Waals surface area contributed by atoms with Crippen molar-refractivity contribution in [3.05, 3.63) is 28.7 Å². The summed E-state index contributed by atoms with van der Waals surface area (Å²) in [5.41, 5.74) is 0. The average Bonchev–Trinajstić information content (AvgIpc) is 2.69. The van der Waals surface area contributed by atoms with Crippen LogP contribution in [0.1, 0.15) is 6.42 Å². The van der Waals surface area contributed by atoms with Gasteiger partial charge in [0.1, 0.15) is 11.9 Å². The lowest BCUT2D eigenvalue weighted by Crippen LogP contribution is -2.29. The number of ether oxygens (including phenoxy) is 1. The van der Waals surface area contributed by atoms with Gasteiger partial charge >= 0.3 is 0 Å². The maximum absolute atomic E-state index is 11.3. The van der Waals surface area contributed by atoms with Crippen molar-refractivity contribution in [2.75, 3.05) is 19.3 Å². The largest absolute Gasteiger partial charge is 0.489 e. The monoisotopic (exact) mass is 319 g/mol. The Kier molecular flexibility index (Phi) is 3.75. The van der Waals surface area contributed by atoms with E-state index in [0.717, 1.165) is 16.6 Å². The summed E-state index contributed by atoms with van der Waals surface area (Å²) >= 11 is 3.35. The minimum Gasteiger partial charge on any atom is -0.489 e. The predicted molar refractivity (Wildman–Crippen MR) is 69.6 cm³/mol. The Labute approximate surface area is 110 Å². The molecule has 0 aromatic heterocycles. The molecule has 0 radical (unpaired) electrons. The number of benzene rings is 1. The Hall–Kier alpha value is -0.590. The maximum atomic E-state index is 11.3. The first-order chi connectivity index (χ1) is 7.95. The van der Waals surface area contributed by atoms with Gasteiger partial charge in [0.05, 0.1) is 12.8 Å².